The summed E-state index contributed by atoms with van der Waals surface area (Å²) in [6.45, 7) is 0. The molecule has 2 spiro atoms. The second kappa shape index (κ2) is 9.72. The lowest BCUT2D eigenvalue weighted by Gasteiger charge is -2.42. The van der Waals surface area contributed by atoms with Crippen LogP contribution in [0.1, 0.15) is 75.3 Å². The van der Waals surface area contributed by atoms with Crippen LogP contribution < -0.4 is 9.47 Å². The predicted molar refractivity (Wildman–Crippen MR) is 148 cm³/mol. The van der Waals surface area contributed by atoms with Crippen molar-refractivity contribution in [3.05, 3.63) is 70.8 Å². The molecule has 6 heteroatoms. The first-order valence-corrected chi connectivity index (χ1v) is 13.8. The van der Waals surface area contributed by atoms with Gasteiger partial charge in [-0.3, -0.25) is 0 Å². The van der Waals surface area contributed by atoms with E-state index in [0.29, 0.717) is 10.1 Å². The van der Waals surface area contributed by atoms with Gasteiger partial charge in [-0.1, -0.05) is 60.3 Å². The molecule has 0 unspecified atom stereocenters. The summed E-state index contributed by atoms with van der Waals surface area (Å²) >= 11 is 13.9. The summed E-state index contributed by atoms with van der Waals surface area (Å²) in [6.07, 6.45) is 14.1. The maximum Gasteiger partial charge on any atom is 0.137 e. The zero-order valence-electron chi connectivity index (χ0n) is 20.3. The summed E-state index contributed by atoms with van der Waals surface area (Å²) in [5.74, 6) is 1.69. The van der Waals surface area contributed by atoms with E-state index in [0.717, 1.165) is 85.1 Å². The molecule has 0 N–H and O–H groups in total. The second-order valence-corrected chi connectivity index (χ2v) is 11.0. The molecule has 6 rings (SSSR count). The van der Waals surface area contributed by atoms with Gasteiger partial charge in [-0.15, -0.1) is 0 Å². The van der Waals surface area contributed by atoms with Crippen LogP contribution in [0.5, 0.6) is 11.5 Å². The van der Waals surface area contributed by atoms with Crippen LogP contribution in [-0.4, -0.2) is 23.6 Å². The minimum absolute atomic E-state index is 0.447. The number of ether oxygens (including phenoxy) is 2. The summed E-state index contributed by atoms with van der Waals surface area (Å²) in [7, 11) is 0. The van der Waals surface area contributed by atoms with E-state index in [9.17, 15) is 0 Å². The first-order chi connectivity index (χ1) is 17.6. The van der Waals surface area contributed by atoms with Gasteiger partial charge in [0.25, 0.3) is 0 Å². The topological polar surface area (TPSA) is 43.2 Å². The number of benzene rings is 2. The molecule has 2 heterocycles. The van der Waals surface area contributed by atoms with Crippen molar-refractivity contribution in [1.82, 2.24) is 0 Å². The predicted octanol–water partition coefficient (Wildman–Crippen LogP) is 8.53. The fourth-order valence-electron chi connectivity index (χ4n) is 6.21. The number of hydrogen-bond donors (Lipinski definition) is 0. The highest BCUT2D eigenvalue weighted by molar-refractivity contribution is 6.51. The van der Waals surface area contributed by atoms with Crippen LogP contribution in [0.4, 0.5) is 0 Å². The Morgan fingerprint density at radius 2 is 0.972 bits per heavy atom. The zero-order valence-corrected chi connectivity index (χ0v) is 21.8. The van der Waals surface area contributed by atoms with Gasteiger partial charge in [0, 0.05) is 22.3 Å². The molecule has 2 aliphatic carbocycles. The van der Waals surface area contributed by atoms with Crippen molar-refractivity contribution in [2.24, 2.45) is 10.2 Å². The first-order valence-electron chi connectivity index (χ1n) is 13.1. The number of rotatable bonds is 3. The SMILES string of the molecule is ClC1=C(/C=N/N=C/C2=C(Cl)c3ccccc3OC23CCCCC3)C2(CCCCC2)Oc2ccccc21. The van der Waals surface area contributed by atoms with E-state index < -0.39 is 11.2 Å². The molecule has 4 aliphatic rings. The summed E-state index contributed by atoms with van der Waals surface area (Å²) in [4.78, 5) is 0. The Morgan fingerprint density at radius 3 is 1.39 bits per heavy atom. The molecule has 0 saturated heterocycles. The smallest absolute Gasteiger partial charge is 0.137 e. The van der Waals surface area contributed by atoms with Crippen LogP contribution in [0, 0.1) is 0 Å². The number of nitrogens with zero attached hydrogens (tertiary/aromatic N) is 2. The van der Waals surface area contributed by atoms with Gasteiger partial charge in [-0.25, -0.2) is 0 Å². The fourth-order valence-corrected chi connectivity index (χ4v) is 6.97. The van der Waals surface area contributed by atoms with Crippen molar-refractivity contribution < 1.29 is 9.47 Å². The molecule has 2 aromatic rings. The third kappa shape index (κ3) is 4.09. The molecule has 4 nitrogen and oxygen atoms in total. The molecule has 2 aliphatic heterocycles. The van der Waals surface area contributed by atoms with Gasteiger partial charge in [0.05, 0.1) is 22.5 Å². The Hall–Kier alpha value is -2.56. The third-order valence-electron chi connectivity index (χ3n) is 8.08. The normalized spacial score (nSPS) is 22.6. The van der Waals surface area contributed by atoms with Crippen molar-refractivity contribution in [3.8, 4) is 11.5 Å². The summed E-state index contributed by atoms with van der Waals surface area (Å²) in [5.41, 5.74) is 2.75. The van der Waals surface area contributed by atoms with Gasteiger partial charge in [-0.05, 0) is 75.6 Å². The Morgan fingerprint density at radius 1 is 0.583 bits per heavy atom. The van der Waals surface area contributed by atoms with Crippen LogP contribution in [0.2, 0.25) is 0 Å². The zero-order chi connectivity index (χ0) is 24.6. The van der Waals surface area contributed by atoms with Crippen molar-refractivity contribution in [2.75, 3.05) is 0 Å². The average Bonchev–Trinajstić information content (AvgIpc) is 2.91. The van der Waals surface area contributed by atoms with E-state index in [1.54, 1.807) is 12.4 Å². The van der Waals surface area contributed by atoms with Crippen molar-refractivity contribution in [1.29, 1.82) is 0 Å². The number of fused-ring (bicyclic) bond motifs is 2. The maximum absolute atomic E-state index is 6.97. The highest BCUT2D eigenvalue weighted by Crippen LogP contribution is 2.49. The fraction of sp³-hybridized carbons (Fsp3) is 0.400. The van der Waals surface area contributed by atoms with Gasteiger partial charge in [0.2, 0.25) is 0 Å². The first kappa shape index (κ1) is 23.8. The standard InChI is InChI=1S/C30H30Cl2N2O2/c31-27-21-11-3-5-13-25(21)35-29(15-7-1-8-16-29)23(27)19-33-34-20-24-28(32)22-12-4-6-14-26(22)36-30(24)17-9-2-10-18-30/h3-6,11-14,19-20H,1-2,7-10,15-18H2/b33-19+,34-20+. The van der Waals surface area contributed by atoms with E-state index in [1.165, 1.54) is 12.8 Å². The van der Waals surface area contributed by atoms with Crippen LogP contribution in [0.15, 0.2) is 69.9 Å². The van der Waals surface area contributed by atoms with E-state index >= 15 is 0 Å². The van der Waals surface area contributed by atoms with Crippen LogP contribution in [0.25, 0.3) is 10.1 Å². The quantitative estimate of drug-likeness (QED) is 0.300. The molecular formula is C30H30Cl2N2O2. The van der Waals surface area contributed by atoms with Gasteiger partial charge >= 0.3 is 0 Å². The third-order valence-corrected chi connectivity index (χ3v) is 8.89. The molecule has 2 saturated carbocycles. The van der Waals surface area contributed by atoms with Gasteiger partial charge < -0.3 is 9.47 Å². The monoisotopic (exact) mass is 520 g/mol. The lowest BCUT2D eigenvalue weighted by molar-refractivity contribution is 0.0688. The minimum Gasteiger partial charge on any atom is -0.482 e. The Bertz CT molecular complexity index is 1180. The summed E-state index contributed by atoms with van der Waals surface area (Å²) in [5, 5.41) is 10.4. The Balaban J connectivity index is 1.36. The largest absolute Gasteiger partial charge is 0.482 e. The molecule has 0 bridgehead atoms. The molecule has 0 aromatic heterocycles. The molecule has 2 fully saturated rings. The van der Waals surface area contributed by atoms with E-state index in [2.05, 4.69) is 10.2 Å². The van der Waals surface area contributed by atoms with Gasteiger partial charge in [0.1, 0.15) is 22.7 Å². The number of para-hydroxylation sites is 2. The van der Waals surface area contributed by atoms with E-state index in [-0.39, 0.29) is 0 Å². The summed E-state index contributed by atoms with van der Waals surface area (Å²) < 4.78 is 13.2. The lowest BCUT2D eigenvalue weighted by atomic mass is 9.77. The Labute approximate surface area is 222 Å². The molecule has 186 valence electrons. The Kier molecular flexibility index (Phi) is 6.43. The van der Waals surface area contributed by atoms with Crippen LogP contribution in [-0.2, 0) is 0 Å². The van der Waals surface area contributed by atoms with Gasteiger partial charge in [-0.2, -0.15) is 10.2 Å². The van der Waals surface area contributed by atoms with Crippen molar-refractivity contribution in [2.45, 2.75) is 75.4 Å². The molecule has 36 heavy (non-hydrogen) atoms. The van der Waals surface area contributed by atoms with Crippen molar-refractivity contribution in [3.63, 3.8) is 0 Å². The lowest BCUT2D eigenvalue weighted by Crippen LogP contribution is -2.43. The van der Waals surface area contributed by atoms with Gasteiger partial charge in [0.15, 0.2) is 0 Å². The average molecular weight is 521 g/mol. The van der Waals surface area contributed by atoms with E-state index in [4.69, 9.17) is 32.7 Å². The molecule has 0 radical (unpaired) electrons. The molecule has 0 atom stereocenters. The van der Waals surface area contributed by atoms with Crippen LogP contribution >= 0.6 is 23.2 Å². The summed E-state index contributed by atoms with van der Waals surface area (Å²) in [6, 6.07) is 15.9. The van der Waals surface area contributed by atoms with Crippen molar-refractivity contribution >= 4 is 45.7 Å². The highest BCUT2D eigenvalue weighted by Gasteiger charge is 2.44. The minimum atomic E-state index is -0.447. The van der Waals surface area contributed by atoms with Crippen LogP contribution in [0.3, 0.4) is 0 Å². The maximum atomic E-state index is 6.97. The number of hydrogen-bond acceptors (Lipinski definition) is 4. The second-order valence-electron chi connectivity index (χ2n) is 10.3. The molecular weight excluding hydrogens is 491 g/mol. The molecule has 2 aromatic carbocycles. The number of halogens is 2. The highest BCUT2D eigenvalue weighted by atomic mass is 35.5. The van der Waals surface area contributed by atoms with E-state index in [1.807, 2.05) is 48.5 Å². The molecule has 0 amide bonds.